The summed E-state index contributed by atoms with van der Waals surface area (Å²) < 4.78 is 0. The highest BCUT2D eigenvalue weighted by Crippen LogP contribution is 2.21. The van der Waals surface area contributed by atoms with Gasteiger partial charge in [0.15, 0.2) is 0 Å². The van der Waals surface area contributed by atoms with E-state index in [4.69, 9.17) is 11.5 Å². The quantitative estimate of drug-likeness (QED) is 0.752. The highest BCUT2D eigenvalue weighted by molar-refractivity contribution is 5.98. The summed E-state index contributed by atoms with van der Waals surface area (Å²) >= 11 is 0. The van der Waals surface area contributed by atoms with Gasteiger partial charge in [0.1, 0.15) is 6.04 Å². The van der Waals surface area contributed by atoms with E-state index < -0.39 is 11.9 Å². The van der Waals surface area contributed by atoms with Crippen molar-refractivity contribution in [1.29, 1.82) is 0 Å². The summed E-state index contributed by atoms with van der Waals surface area (Å²) in [6.45, 7) is 2.43. The number of carbonyl (C=O) groups excluding carboxylic acids is 2. The Morgan fingerprint density at radius 2 is 2.11 bits per heavy atom. The molecule has 0 saturated carbocycles. The molecule has 1 aliphatic heterocycles. The highest BCUT2D eigenvalue weighted by Gasteiger charge is 2.33. The maximum atomic E-state index is 12.3. The molecule has 0 aromatic heterocycles. The van der Waals surface area contributed by atoms with Gasteiger partial charge in [-0.2, -0.15) is 0 Å². The van der Waals surface area contributed by atoms with Gasteiger partial charge in [0.05, 0.1) is 0 Å². The monoisotopic (exact) mass is 247 g/mol. The number of carbonyl (C=O) groups is 2. The van der Waals surface area contributed by atoms with Crippen LogP contribution >= 0.6 is 0 Å². The van der Waals surface area contributed by atoms with Crippen molar-refractivity contribution in [3.05, 3.63) is 29.3 Å². The van der Waals surface area contributed by atoms with Gasteiger partial charge in [-0.05, 0) is 43.5 Å². The number of nitrogens with two attached hydrogens (primary N) is 2. The minimum absolute atomic E-state index is 0.153. The summed E-state index contributed by atoms with van der Waals surface area (Å²) in [6.07, 6.45) is 1.46. The number of anilines is 1. The lowest BCUT2D eigenvalue weighted by atomic mass is 10.1. The number of hydrogen-bond acceptors (Lipinski definition) is 3. The second kappa shape index (κ2) is 4.68. The van der Waals surface area contributed by atoms with Crippen molar-refractivity contribution in [2.75, 3.05) is 12.3 Å². The fourth-order valence-electron chi connectivity index (χ4n) is 2.28. The SMILES string of the molecule is Cc1cc(C(=O)N2CCCC2C(N)=O)ccc1N. The largest absolute Gasteiger partial charge is 0.399 e. The van der Waals surface area contributed by atoms with E-state index in [2.05, 4.69) is 0 Å². The summed E-state index contributed by atoms with van der Waals surface area (Å²) in [5.41, 5.74) is 13.1. The van der Waals surface area contributed by atoms with Gasteiger partial charge in [0.2, 0.25) is 5.91 Å². The second-order valence-electron chi connectivity index (χ2n) is 4.63. The topological polar surface area (TPSA) is 89.4 Å². The summed E-state index contributed by atoms with van der Waals surface area (Å²) in [5.74, 6) is -0.590. The molecule has 96 valence electrons. The van der Waals surface area contributed by atoms with Crippen LogP contribution in [0.5, 0.6) is 0 Å². The summed E-state index contributed by atoms with van der Waals surface area (Å²) in [7, 11) is 0. The van der Waals surface area contributed by atoms with Crippen molar-refractivity contribution in [1.82, 2.24) is 4.90 Å². The standard InChI is InChI=1S/C13H17N3O2/c1-8-7-9(4-5-10(8)14)13(18)16-6-2-3-11(16)12(15)17/h4-5,7,11H,2-3,6,14H2,1H3,(H2,15,17). The number of aryl methyl sites for hydroxylation is 1. The van der Waals surface area contributed by atoms with Crippen molar-refractivity contribution >= 4 is 17.5 Å². The van der Waals surface area contributed by atoms with E-state index in [1.165, 1.54) is 0 Å². The van der Waals surface area contributed by atoms with Crippen LogP contribution in [-0.4, -0.2) is 29.3 Å². The van der Waals surface area contributed by atoms with Crippen LogP contribution in [0.3, 0.4) is 0 Å². The van der Waals surface area contributed by atoms with Gasteiger partial charge in [-0.25, -0.2) is 0 Å². The van der Waals surface area contributed by atoms with E-state index in [1.54, 1.807) is 23.1 Å². The molecule has 0 spiro atoms. The van der Waals surface area contributed by atoms with E-state index in [9.17, 15) is 9.59 Å². The number of amides is 2. The molecule has 1 atom stereocenters. The molecule has 1 aliphatic rings. The molecule has 0 aliphatic carbocycles. The molecule has 1 heterocycles. The molecule has 1 aromatic carbocycles. The van der Waals surface area contributed by atoms with Crippen LogP contribution in [0.25, 0.3) is 0 Å². The lowest BCUT2D eigenvalue weighted by Gasteiger charge is -2.22. The van der Waals surface area contributed by atoms with Crippen molar-refractivity contribution in [2.45, 2.75) is 25.8 Å². The predicted octanol–water partition coefficient (Wildman–Crippen LogP) is 0.667. The van der Waals surface area contributed by atoms with Crippen LogP contribution in [0.2, 0.25) is 0 Å². The zero-order valence-corrected chi connectivity index (χ0v) is 10.3. The fraction of sp³-hybridized carbons (Fsp3) is 0.385. The van der Waals surface area contributed by atoms with Gasteiger partial charge in [0.25, 0.3) is 5.91 Å². The first kappa shape index (κ1) is 12.4. The third-order valence-corrected chi connectivity index (χ3v) is 3.36. The Balaban J connectivity index is 2.25. The van der Waals surface area contributed by atoms with Gasteiger partial charge in [0, 0.05) is 17.8 Å². The van der Waals surface area contributed by atoms with Gasteiger partial charge in [-0.1, -0.05) is 0 Å². The minimum Gasteiger partial charge on any atom is -0.399 e. The summed E-state index contributed by atoms with van der Waals surface area (Å²) in [5, 5.41) is 0. The van der Waals surface area contributed by atoms with Crippen LogP contribution in [0.15, 0.2) is 18.2 Å². The number of benzene rings is 1. The normalized spacial score (nSPS) is 18.9. The number of hydrogen-bond donors (Lipinski definition) is 2. The first-order valence-electron chi connectivity index (χ1n) is 5.97. The highest BCUT2D eigenvalue weighted by atomic mass is 16.2. The zero-order valence-electron chi connectivity index (χ0n) is 10.3. The smallest absolute Gasteiger partial charge is 0.254 e. The zero-order chi connectivity index (χ0) is 13.3. The molecule has 5 nitrogen and oxygen atoms in total. The number of primary amides is 1. The molecule has 2 rings (SSSR count). The Labute approximate surface area is 106 Å². The van der Waals surface area contributed by atoms with Crippen LogP contribution in [0.4, 0.5) is 5.69 Å². The van der Waals surface area contributed by atoms with Gasteiger partial charge >= 0.3 is 0 Å². The van der Waals surface area contributed by atoms with Gasteiger partial charge in [-0.3, -0.25) is 9.59 Å². The number of nitrogen functional groups attached to an aromatic ring is 1. The van der Waals surface area contributed by atoms with Gasteiger partial charge in [-0.15, -0.1) is 0 Å². The molecule has 18 heavy (non-hydrogen) atoms. The lowest BCUT2D eigenvalue weighted by Crippen LogP contribution is -2.43. The average molecular weight is 247 g/mol. The van der Waals surface area contributed by atoms with E-state index in [-0.39, 0.29) is 5.91 Å². The molecule has 1 unspecified atom stereocenters. The van der Waals surface area contributed by atoms with Crippen molar-refractivity contribution in [3.63, 3.8) is 0 Å². The molecular formula is C13H17N3O2. The molecular weight excluding hydrogens is 230 g/mol. The Hall–Kier alpha value is -2.04. The van der Waals surface area contributed by atoms with Crippen LogP contribution in [0, 0.1) is 6.92 Å². The number of rotatable bonds is 2. The Morgan fingerprint density at radius 1 is 1.39 bits per heavy atom. The van der Waals surface area contributed by atoms with Crippen molar-refractivity contribution < 1.29 is 9.59 Å². The molecule has 1 saturated heterocycles. The van der Waals surface area contributed by atoms with Gasteiger partial charge < -0.3 is 16.4 Å². The summed E-state index contributed by atoms with van der Waals surface area (Å²) in [4.78, 5) is 25.1. The van der Waals surface area contributed by atoms with Crippen molar-refractivity contribution in [3.8, 4) is 0 Å². The molecule has 1 fully saturated rings. The molecule has 1 aromatic rings. The Morgan fingerprint density at radius 3 is 2.72 bits per heavy atom. The predicted molar refractivity (Wildman–Crippen MR) is 68.8 cm³/mol. The van der Waals surface area contributed by atoms with E-state index in [0.717, 1.165) is 12.0 Å². The molecule has 0 bridgehead atoms. The summed E-state index contributed by atoms with van der Waals surface area (Å²) in [6, 6.07) is 4.66. The molecule has 2 amide bonds. The number of likely N-dealkylation sites (tertiary alicyclic amines) is 1. The first-order valence-corrected chi connectivity index (χ1v) is 5.97. The third kappa shape index (κ3) is 2.16. The molecule has 0 radical (unpaired) electrons. The maximum absolute atomic E-state index is 12.3. The van der Waals surface area contributed by atoms with E-state index >= 15 is 0 Å². The fourth-order valence-corrected chi connectivity index (χ4v) is 2.28. The second-order valence-corrected chi connectivity index (χ2v) is 4.63. The molecule has 5 heteroatoms. The third-order valence-electron chi connectivity index (χ3n) is 3.36. The lowest BCUT2D eigenvalue weighted by molar-refractivity contribution is -0.121. The molecule has 4 N–H and O–H groups in total. The Kier molecular flexibility index (Phi) is 3.23. The average Bonchev–Trinajstić information content (AvgIpc) is 2.81. The van der Waals surface area contributed by atoms with Crippen LogP contribution < -0.4 is 11.5 Å². The Bertz CT molecular complexity index is 499. The number of nitrogens with zero attached hydrogens (tertiary/aromatic N) is 1. The van der Waals surface area contributed by atoms with E-state index in [0.29, 0.717) is 24.2 Å². The van der Waals surface area contributed by atoms with Crippen molar-refractivity contribution in [2.24, 2.45) is 5.73 Å². The van der Waals surface area contributed by atoms with Crippen LogP contribution in [-0.2, 0) is 4.79 Å². The first-order chi connectivity index (χ1) is 8.50. The van der Waals surface area contributed by atoms with Crippen LogP contribution in [0.1, 0.15) is 28.8 Å². The van der Waals surface area contributed by atoms with E-state index in [1.807, 2.05) is 6.92 Å². The maximum Gasteiger partial charge on any atom is 0.254 e. The minimum atomic E-state index is -0.477.